The van der Waals surface area contributed by atoms with Gasteiger partial charge in [-0.15, -0.1) is 11.3 Å². The molecule has 0 amide bonds. The van der Waals surface area contributed by atoms with Gasteiger partial charge in [-0.25, -0.2) is 0 Å². The van der Waals surface area contributed by atoms with Crippen molar-refractivity contribution in [1.82, 2.24) is 0 Å². The van der Waals surface area contributed by atoms with E-state index in [1.165, 1.54) is 42.4 Å². The Balaban J connectivity index is 1.99. The summed E-state index contributed by atoms with van der Waals surface area (Å²) >= 11 is 1.93. The lowest BCUT2D eigenvalue weighted by Crippen LogP contribution is -1.78. The predicted molar refractivity (Wildman–Crippen MR) is 87.6 cm³/mol. The van der Waals surface area contributed by atoms with Crippen LogP contribution in [0.5, 0.6) is 0 Å². The minimum absolute atomic E-state index is 1.08. The summed E-state index contributed by atoms with van der Waals surface area (Å²) in [6, 6.07) is 22.2. The van der Waals surface area contributed by atoms with Crippen molar-refractivity contribution in [3.63, 3.8) is 0 Å². The maximum atomic E-state index is 2.32. The van der Waals surface area contributed by atoms with Gasteiger partial charge in [0.05, 0.1) is 0 Å². The van der Waals surface area contributed by atoms with E-state index in [0.717, 1.165) is 6.42 Å². The van der Waals surface area contributed by atoms with Gasteiger partial charge in [0.25, 0.3) is 0 Å². The number of hydrogen-bond donors (Lipinski definition) is 0. The zero-order valence-corrected chi connectivity index (χ0v) is 11.7. The molecule has 4 aromatic rings. The molecule has 1 aliphatic carbocycles. The van der Waals surface area contributed by atoms with Crippen LogP contribution in [0.1, 0.15) is 11.1 Å². The van der Waals surface area contributed by atoms with E-state index in [0.29, 0.717) is 0 Å². The molecule has 5 rings (SSSR count). The summed E-state index contributed by atoms with van der Waals surface area (Å²) in [5.74, 6) is 0. The molecule has 0 fully saturated rings. The summed E-state index contributed by atoms with van der Waals surface area (Å²) in [5.41, 5.74) is 5.84. The Hall–Kier alpha value is -2.12. The number of fused-ring (bicyclic) bond motifs is 7. The quantitative estimate of drug-likeness (QED) is 0.343. The molecule has 0 N–H and O–H groups in total. The highest BCUT2D eigenvalue weighted by Crippen LogP contribution is 2.46. The van der Waals surface area contributed by atoms with Crippen LogP contribution in [-0.2, 0) is 6.42 Å². The van der Waals surface area contributed by atoms with Gasteiger partial charge in [-0.1, -0.05) is 54.6 Å². The topological polar surface area (TPSA) is 0 Å². The third-order valence-electron chi connectivity index (χ3n) is 4.30. The molecule has 0 nitrogen and oxygen atoms in total. The molecule has 0 atom stereocenters. The van der Waals surface area contributed by atoms with Crippen molar-refractivity contribution in [2.75, 3.05) is 0 Å². The number of benzene rings is 3. The monoisotopic (exact) mass is 272 g/mol. The first-order valence-electron chi connectivity index (χ1n) is 6.93. The van der Waals surface area contributed by atoms with Crippen molar-refractivity contribution in [3.8, 4) is 11.1 Å². The first-order chi connectivity index (χ1) is 9.92. The van der Waals surface area contributed by atoms with Crippen molar-refractivity contribution >= 4 is 31.5 Å². The van der Waals surface area contributed by atoms with Gasteiger partial charge in [-0.3, -0.25) is 0 Å². The fourth-order valence-electron chi connectivity index (χ4n) is 3.40. The third kappa shape index (κ3) is 1.26. The summed E-state index contributed by atoms with van der Waals surface area (Å²) in [7, 11) is 0. The molecule has 0 unspecified atom stereocenters. The average molecular weight is 272 g/mol. The summed E-state index contributed by atoms with van der Waals surface area (Å²) in [6.45, 7) is 0. The average Bonchev–Trinajstić information content (AvgIpc) is 3.04. The van der Waals surface area contributed by atoms with Crippen molar-refractivity contribution in [2.24, 2.45) is 0 Å². The van der Waals surface area contributed by atoms with Crippen LogP contribution in [0.3, 0.4) is 0 Å². The van der Waals surface area contributed by atoms with Crippen LogP contribution in [0.4, 0.5) is 0 Å². The van der Waals surface area contributed by atoms with Gasteiger partial charge in [0.1, 0.15) is 0 Å². The molecule has 0 saturated heterocycles. The summed E-state index contributed by atoms with van der Waals surface area (Å²) in [4.78, 5) is 0. The molecular weight excluding hydrogens is 260 g/mol. The normalized spacial score (nSPS) is 12.8. The molecular formula is C19H12S. The smallest absolute Gasteiger partial charge is 0.0436 e. The van der Waals surface area contributed by atoms with Crippen LogP contribution < -0.4 is 0 Å². The van der Waals surface area contributed by atoms with Crippen LogP contribution in [0.2, 0.25) is 0 Å². The largest absolute Gasteiger partial charge is 0.135 e. The molecule has 0 spiro atoms. The minimum Gasteiger partial charge on any atom is -0.135 e. The molecule has 1 aromatic heterocycles. The van der Waals surface area contributed by atoms with E-state index in [1.54, 1.807) is 0 Å². The van der Waals surface area contributed by atoms with E-state index in [-0.39, 0.29) is 0 Å². The van der Waals surface area contributed by atoms with Gasteiger partial charge in [-0.2, -0.15) is 0 Å². The zero-order chi connectivity index (χ0) is 13.1. The fraction of sp³-hybridized carbons (Fsp3) is 0.0526. The second-order valence-electron chi connectivity index (χ2n) is 5.41. The first-order valence-corrected chi connectivity index (χ1v) is 7.75. The molecule has 0 saturated carbocycles. The Morgan fingerprint density at radius 2 is 1.55 bits per heavy atom. The van der Waals surface area contributed by atoms with Gasteiger partial charge in [-0.05, 0) is 29.2 Å². The molecule has 3 aromatic carbocycles. The zero-order valence-electron chi connectivity index (χ0n) is 10.9. The van der Waals surface area contributed by atoms with E-state index in [2.05, 4.69) is 60.7 Å². The van der Waals surface area contributed by atoms with E-state index in [4.69, 9.17) is 0 Å². The highest BCUT2D eigenvalue weighted by atomic mass is 32.1. The van der Waals surface area contributed by atoms with Gasteiger partial charge in [0.2, 0.25) is 0 Å². The third-order valence-corrected chi connectivity index (χ3v) is 5.50. The van der Waals surface area contributed by atoms with Crippen molar-refractivity contribution < 1.29 is 0 Å². The molecule has 0 bridgehead atoms. The van der Waals surface area contributed by atoms with Crippen molar-refractivity contribution in [3.05, 3.63) is 71.8 Å². The lowest BCUT2D eigenvalue weighted by atomic mass is 10.0. The SMILES string of the molecule is c1ccc2c(c1)Cc1ccc3c(sc4ccccc43)c1-2. The maximum Gasteiger partial charge on any atom is 0.0436 e. The summed E-state index contributed by atoms with van der Waals surface area (Å²) in [5, 5.41) is 2.79. The van der Waals surface area contributed by atoms with Crippen LogP contribution >= 0.6 is 11.3 Å². The van der Waals surface area contributed by atoms with Crippen LogP contribution in [0.25, 0.3) is 31.3 Å². The second kappa shape index (κ2) is 3.71. The molecule has 0 aliphatic heterocycles. The fourth-order valence-corrected chi connectivity index (χ4v) is 4.68. The van der Waals surface area contributed by atoms with Gasteiger partial charge in [0, 0.05) is 25.7 Å². The Bertz CT molecular complexity index is 976. The number of rotatable bonds is 0. The number of hydrogen-bond acceptors (Lipinski definition) is 1. The Morgan fingerprint density at radius 3 is 2.55 bits per heavy atom. The van der Waals surface area contributed by atoms with E-state index < -0.39 is 0 Å². The lowest BCUT2D eigenvalue weighted by molar-refractivity contribution is 1.27. The molecule has 1 aliphatic rings. The van der Waals surface area contributed by atoms with Crippen LogP contribution in [0, 0.1) is 0 Å². The van der Waals surface area contributed by atoms with Gasteiger partial charge in [0.15, 0.2) is 0 Å². The second-order valence-corrected chi connectivity index (χ2v) is 6.46. The first kappa shape index (κ1) is 10.6. The lowest BCUT2D eigenvalue weighted by Gasteiger charge is -2.02. The van der Waals surface area contributed by atoms with Crippen LogP contribution in [0.15, 0.2) is 60.7 Å². The van der Waals surface area contributed by atoms with E-state index in [9.17, 15) is 0 Å². The Morgan fingerprint density at radius 1 is 0.700 bits per heavy atom. The Kier molecular flexibility index (Phi) is 1.97. The molecule has 94 valence electrons. The molecule has 1 heteroatoms. The molecule has 1 heterocycles. The van der Waals surface area contributed by atoms with Gasteiger partial charge >= 0.3 is 0 Å². The number of thiophene rings is 1. The van der Waals surface area contributed by atoms with E-state index in [1.807, 2.05) is 11.3 Å². The predicted octanol–water partition coefficient (Wildman–Crippen LogP) is 5.63. The molecule has 20 heavy (non-hydrogen) atoms. The summed E-state index contributed by atoms with van der Waals surface area (Å²) < 4.78 is 2.84. The summed E-state index contributed by atoms with van der Waals surface area (Å²) in [6.07, 6.45) is 1.08. The minimum atomic E-state index is 1.08. The van der Waals surface area contributed by atoms with Gasteiger partial charge < -0.3 is 0 Å². The standard InChI is InChI=1S/C19H12S/c1-2-6-14-12(5-1)11-13-9-10-16-15-7-3-4-8-17(15)20-19(16)18(13)14/h1-10H,11H2. The Labute approximate surface area is 121 Å². The van der Waals surface area contributed by atoms with E-state index >= 15 is 0 Å². The highest BCUT2D eigenvalue weighted by Gasteiger charge is 2.21. The van der Waals surface area contributed by atoms with Crippen LogP contribution in [-0.4, -0.2) is 0 Å². The maximum absolute atomic E-state index is 2.32. The molecule has 0 radical (unpaired) electrons. The van der Waals surface area contributed by atoms with Crippen molar-refractivity contribution in [1.29, 1.82) is 0 Å². The highest BCUT2D eigenvalue weighted by molar-refractivity contribution is 7.26. The van der Waals surface area contributed by atoms with Crippen molar-refractivity contribution in [2.45, 2.75) is 6.42 Å².